The first-order valence-corrected chi connectivity index (χ1v) is 12.1. The summed E-state index contributed by atoms with van der Waals surface area (Å²) >= 11 is 1.69. The topological polar surface area (TPSA) is 59.4 Å². The highest BCUT2D eigenvalue weighted by atomic mass is 32.1. The van der Waals surface area contributed by atoms with Crippen LogP contribution in [0.25, 0.3) is 16.9 Å². The third-order valence-corrected chi connectivity index (χ3v) is 6.88. The molecule has 4 aromatic rings. The molecule has 3 heterocycles. The fraction of sp³-hybridized carbons (Fsp3) is 0.231. The molecule has 1 saturated heterocycles. The maximum absolute atomic E-state index is 13.5. The summed E-state index contributed by atoms with van der Waals surface area (Å²) in [4.78, 5) is 17.0. The van der Waals surface area contributed by atoms with Crippen LogP contribution in [-0.4, -0.2) is 53.4 Å². The summed E-state index contributed by atoms with van der Waals surface area (Å²) in [6.45, 7) is 3.50. The highest BCUT2D eigenvalue weighted by molar-refractivity contribution is 7.10. The van der Waals surface area contributed by atoms with Crippen molar-refractivity contribution in [3.05, 3.63) is 94.6 Å². The predicted octanol–water partition coefficient (Wildman–Crippen LogP) is 4.54. The molecule has 0 spiro atoms. The van der Waals surface area contributed by atoms with E-state index in [2.05, 4.69) is 26.8 Å². The van der Waals surface area contributed by atoms with Crippen molar-refractivity contribution in [1.29, 1.82) is 0 Å². The van der Waals surface area contributed by atoms with Crippen molar-refractivity contribution >= 4 is 17.2 Å². The van der Waals surface area contributed by atoms with Crippen molar-refractivity contribution in [2.45, 2.75) is 6.04 Å². The Balaban J connectivity index is 1.42. The molecule has 5 rings (SSSR count). The second-order valence-electron chi connectivity index (χ2n) is 8.07. The van der Waals surface area contributed by atoms with Crippen LogP contribution in [-0.2, 0) is 4.74 Å². The molecule has 1 fully saturated rings. The first-order chi connectivity index (χ1) is 16.7. The van der Waals surface area contributed by atoms with E-state index in [-0.39, 0.29) is 17.8 Å². The number of hydrogen-bond donors (Lipinski definition) is 1. The van der Waals surface area contributed by atoms with E-state index < -0.39 is 0 Å². The van der Waals surface area contributed by atoms with Crippen LogP contribution in [0.4, 0.5) is 4.39 Å². The lowest BCUT2D eigenvalue weighted by Crippen LogP contribution is -2.43. The highest BCUT2D eigenvalue weighted by Gasteiger charge is 2.25. The van der Waals surface area contributed by atoms with E-state index in [1.54, 1.807) is 34.3 Å². The van der Waals surface area contributed by atoms with E-state index in [0.29, 0.717) is 36.6 Å². The molecule has 0 bridgehead atoms. The van der Waals surface area contributed by atoms with E-state index in [1.165, 1.54) is 17.0 Å². The zero-order chi connectivity index (χ0) is 23.3. The first-order valence-electron chi connectivity index (χ1n) is 11.2. The minimum absolute atomic E-state index is 0.0753. The van der Waals surface area contributed by atoms with Crippen molar-refractivity contribution in [2.75, 3.05) is 32.8 Å². The predicted molar refractivity (Wildman–Crippen MR) is 131 cm³/mol. The molecule has 174 valence electrons. The van der Waals surface area contributed by atoms with E-state index >= 15 is 0 Å². The molecule has 8 heteroatoms. The number of thiophene rings is 1. The van der Waals surface area contributed by atoms with Crippen LogP contribution in [0.1, 0.15) is 21.3 Å². The van der Waals surface area contributed by atoms with Gasteiger partial charge in [-0.25, -0.2) is 9.07 Å². The van der Waals surface area contributed by atoms with Gasteiger partial charge in [0.25, 0.3) is 5.91 Å². The number of halogens is 1. The molecule has 1 amide bonds. The number of carbonyl (C=O) groups excluding carboxylic acids is 1. The number of benzene rings is 2. The van der Waals surface area contributed by atoms with Crippen molar-refractivity contribution in [3.63, 3.8) is 0 Å². The van der Waals surface area contributed by atoms with Gasteiger partial charge in [0.1, 0.15) is 11.5 Å². The number of ether oxygens (including phenoxy) is 1. The molecule has 1 aliphatic heterocycles. The third kappa shape index (κ3) is 4.94. The quantitative estimate of drug-likeness (QED) is 0.425. The van der Waals surface area contributed by atoms with Gasteiger partial charge >= 0.3 is 0 Å². The lowest BCUT2D eigenvalue weighted by Gasteiger charge is -2.34. The molecule has 0 unspecified atom stereocenters. The van der Waals surface area contributed by atoms with Gasteiger partial charge in [0, 0.05) is 36.3 Å². The van der Waals surface area contributed by atoms with Crippen LogP contribution >= 0.6 is 11.3 Å². The number of para-hydroxylation sites is 1. The zero-order valence-electron chi connectivity index (χ0n) is 18.6. The SMILES string of the molecule is O=C(NC[C@H](c1cccs1)N1CCOCC1)c1cn(-c2ccccc2)nc1-c1ccc(F)cc1. The summed E-state index contributed by atoms with van der Waals surface area (Å²) < 4.78 is 20.7. The molecule has 1 N–H and O–H groups in total. The van der Waals surface area contributed by atoms with Gasteiger partial charge in [-0.05, 0) is 47.8 Å². The Labute approximate surface area is 201 Å². The molecule has 6 nitrogen and oxygen atoms in total. The summed E-state index contributed by atoms with van der Waals surface area (Å²) in [7, 11) is 0. The van der Waals surface area contributed by atoms with Crippen LogP contribution in [0.2, 0.25) is 0 Å². The van der Waals surface area contributed by atoms with Gasteiger partial charge in [-0.2, -0.15) is 5.10 Å². The lowest BCUT2D eigenvalue weighted by atomic mass is 10.1. The van der Waals surface area contributed by atoms with Crippen molar-refractivity contribution < 1.29 is 13.9 Å². The van der Waals surface area contributed by atoms with E-state index in [4.69, 9.17) is 4.74 Å². The molecule has 1 atom stereocenters. The van der Waals surface area contributed by atoms with Gasteiger partial charge in [-0.1, -0.05) is 24.3 Å². The van der Waals surface area contributed by atoms with E-state index in [0.717, 1.165) is 18.8 Å². The Bertz CT molecular complexity index is 1220. The molecule has 1 aliphatic rings. The molecule has 2 aromatic carbocycles. The Morgan fingerprint density at radius 3 is 2.53 bits per heavy atom. The van der Waals surface area contributed by atoms with Gasteiger partial charge in [-0.3, -0.25) is 9.69 Å². The number of rotatable bonds is 7. The third-order valence-electron chi connectivity index (χ3n) is 5.91. The highest BCUT2D eigenvalue weighted by Crippen LogP contribution is 2.27. The maximum atomic E-state index is 13.5. The first kappa shape index (κ1) is 22.5. The monoisotopic (exact) mass is 476 g/mol. The normalized spacial score (nSPS) is 15.2. The zero-order valence-corrected chi connectivity index (χ0v) is 19.4. The Hall–Kier alpha value is -3.33. The Kier molecular flexibility index (Phi) is 6.80. The summed E-state index contributed by atoms with van der Waals surface area (Å²) in [6, 6.07) is 19.9. The minimum atomic E-state index is -0.332. The number of nitrogens with zero attached hydrogens (tertiary/aromatic N) is 3. The lowest BCUT2D eigenvalue weighted by molar-refractivity contribution is 0.0169. The van der Waals surface area contributed by atoms with Gasteiger partial charge in [-0.15, -0.1) is 11.3 Å². The summed E-state index contributed by atoms with van der Waals surface area (Å²) in [5.41, 5.74) is 2.49. The van der Waals surface area contributed by atoms with Gasteiger partial charge in [0.2, 0.25) is 0 Å². The molecular formula is C26H25FN4O2S. The Morgan fingerprint density at radius 2 is 1.82 bits per heavy atom. The second-order valence-corrected chi connectivity index (χ2v) is 9.05. The summed E-state index contributed by atoms with van der Waals surface area (Å²) in [5, 5.41) is 9.86. The van der Waals surface area contributed by atoms with E-state index in [9.17, 15) is 9.18 Å². The average molecular weight is 477 g/mol. The minimum Gasteiger partial charge on any atom is -0.379 e. The fourth-order valence-electron chi connectivity index (χ4n) is 4.14. The molecule has 0 saturated carbocycles. The fourth-order valence-corrected chi connectivity index (χ4v) is 5.00. The van der Waals surface area contributed by atoms with Crippen LogP contribution in [0.5, 0.6) is 0 Å². The van der Waals surface area contributed by atoms with Gasteiger partial charge in [0.15, 0.2) is 0 Å². The summed E-state index contributed by atoms with van der Waals surface area (Å²) in [6.07, 6.45) is 1.73. The van der Waals surface area contributed by atoms with Crippen molar-refractivity contribution in [3.8, 4) is 16.9 Å². The van der Waals surface area contributed by atoms with Crippen molar-refractivity contribution in [2.24, 2.45) is 0 Å². The molecule has 0 aliphatic carbocycles. The number of amides is 1. The van der Waals surface area contributed by atoms with E-state index in [1.807, 2.05) is 36.4 Å². The molecule has 0 radical (unpaired) electrons. The number of hydrogen-bond acceptors (Lipinski definition) is 5. The molecule has 2 aromatic heterocycles. The van der Waals surface area contributed by atoms with Crippen LogP contribution in [0.15, 0.2) is 78.3 Å². The number of nitrogens with one attached hydrogen (secondary N) is 1. The van der Waals surface area contributed by atoms with Crippen LogP contribution < -0.4 is 5.32 Å². The Morgan fingerprint density at radius 1 is 1.06 bits per heavy atom. The summed E-state index contributed by atoms with van der Waals surface area (Å²) in [5.74, 6) is -0.544. The molecular weight excluding hydrogens is 451 g/mol. The average Bonchev–Trinajstić information content (AvgIpc) is 3.57. The number of aromatic nitrogens is 2. The second kappa shape index (κ2) is 10.3. The number of morpholine rings is 1. The molecule has 34 heavy (non-hydrogen) atoms. The smallest absolute Gasteiger partial charge is 0.255 e. The maximum Gasteiger partial charge on any atom is 0.255 e. The van der Waals surface area contributed by atoms with Crippen LogP contribution in [0, 0.1) is 5.82 Å². The number of carbonyl (C=O) groups is 1. The standard InChI is InChI=1S/C26H25FN4O2S/c27-20-10-8-19(9-11-20)25-22(18-31(29-25)21-5-2-1-3-6-21)26(32)28-17-23(24-7-4-16-34-24)30-12-14-33-15-13-30/h1-11,16,18,23H,12-15,17H2,(H,28,32)/t23-/m1/s1. The van der Waals surface area contributed by atoms with Gasteiger partial charge in [0.05, 0.1) is 30.5 Å². The van der Waals surface area contributed by atoms with Crippen molar-refractivity contribution in [1.82, 2.24) is 20.0 Å². The van der Waals surface area contributed by atoms with Gasteiger partial charge < -0.3 is 10.1 Å². The largest absolute Gasteiger partial charge is 0.379 e. The van der Waals surface area contributed by atoms with Crippen LogP contribution in [0.3, 0.4) is 0 Å².